The van der Waals surface area contributed by atoms with Crippen molar-refractivity contribution in [2.45, 2.75) is 13.1 Å². The fourth-order valence-electron chi connectivity index (χ4n) is 1.77. The molecule has 0 aliphatic heterocycles. The summed E-state index contributed by atoms with van der Waals surface area (Å²) in [6.07, 6.45) is -4.46. The highest BCUT2D eigenvalue weighted by atomic mass is 35.5. The smallest absolute Gasteiger partial charge is 0.277 e. The minimum Gasteiger partial charge on any atom is -0.277 e. The van der Waals surface area contributed by atoms with E-state index in [1.54, 1.807) is 25.1 Å². The number of alkyl halides is 3. The van der Waals surface area contributed by atoms with E-state index < -0.39 is 11.7 Å². The van der Waals surface area contributed by atoms with Gasteiger partial charge in [-0.25, -0.2) is 0 Å². The number of hydrogen-bond acceptors (Lipinski definition) is 2. The van der Waals surface area contributed by atoms with Gasteiger partial charge in [-0.05, 0) is 43.3 Å². The van der Waals surface area contributed by atoms with Crippen LogP contribution in [-0.2, 0) is 6.18 Å². The first kappa shape index (κ1) is 17.9. The molecule has 0 atom stereocenters. The first-order valence-electron chi connectivity index (χ1n) is 6.31. The summed E-state index contributed by atoms with van der Waals surface area (Å²) < 4.78 is 38.2. The molecule has 0 unspecified atom stereocenters. The first-order chi connectivity index (χ1) is 10.7. The zero-order valence-electron chi connectivity index (χ0n) is 11.7. The molecular weight excluding hydrogens is 372 g/mol. The fourth-order valence-corrected chi connectivity index (χ4v) is 2.35. The molecule has 23 heavy (non-hydrogen) atoms. The number of benzene rings is 2. The third-order valence-corrected chi connectivity index (χ3v) is 3.85. The van der Waals surface area contributed by atoms with Gasteiger partial charge in [0.05, 0.1) is 22.0 Å². The molecule has 0 bridgehead atoms. The summed E-state index contributed by atoms with van der Waals surface area (Å²) in [4.78, 5) is 0. The minimum absolute atomic E-state index is 0.0407. The van der Waals surface area contributed by atoms with Crippen LogP contribution in [0.2, 0.25) is 15.1 Å². The van der Waals surface area contributed by atoms with Crippen LogP contribution in [0.4, 0.5) is 18.9 Å². The Labute approximate surface area is 145 Å². The summed E-state index contributed by atoms with van der Waals surface area (Å²) in [5, 5.41) is 5.03. The first-order valence-corrected chi connectivity index (χ1v) is 7.44. The molecule has 8 heteroatoms. The van der Waals surface area contributed by atoms with Gasteiger partial charge in [0.25, 0.3) is 0 Å². The Morgan fingerprint density at radius 3 is 2.30 bits per heavy atom. The SMILES string of the molecule is C/C(=N\Nc1cc(C(F)(F)F)ccc1Cl)c1cc(Cl)ccc1Cl. The molecule has 0 aliphatic rings. The van der Waals surface area contributed by atoms with Gasteiger partial charge in [-0.15, -0.1) is 0 Å². The molecule has 0 aliphatic carbocycles. The second-order valence-electron chi connectivity index (χ2n) is 4.63. The quantitative estimate of drug-likeness (QED) is 0.476. The van der Waals surface area contributed by atoms with Crippen LogP contribution in [0, 0.1) is 0 Å². The summed E-state index contributed by atoms with van der Waals surface area (Å²) in [6, 6.07) is 7.78. The van der Waals surface area contributed by atoms with E-state index in [1.807, 2.05) is 0 Å². The molecule has 0 saturated heterocycles. The van der Waals surface area contributed by atoms with Gasteiger partial charge in [0.2, 0.25) is 0 Å². The summed E-state index contributed by atoms with van der Waals surface area (Å²) in [6.45, 7) is 1.64. The lowest BCUT2D eigenvalue weighted by Gasteiger charge is -2.11. The van der Waals surface area contributed by atoms with Gasteiger partial charge < -0.3 is 0 Å². The number of rotatable bonds is 3. The maximum atomic E-state index is 12.7. The molecule has 0 radical (unpaired) electrons. The number of nitrogens with one attached hydrogen (secondary N) is 1. The van der Waals surface area contributed by atoms with E-state index in [1.165, 1.54) is 0 Å². The maximum absolute atomic E-state index is 12.7. The highest BCUT2D eigenvalue weighted by molar-refractivity contribution is 6.36. The van der Waals surface area contributed by atoms with Crippen molar-refractivity contribution in [1.82, 2.24) is 0 Å². The molecule has 0 aromatic heterocycles. The van der Waals surface area contributed by atoms with E-state index in [2.05, 4.69) is 10.5 Å². The highest BCUT2D eigenvalue weighted by Gasteiger charge is 2.30. The molecule has 0 spiro atoms. The molecule has 0 heterocycles. The van der Waals surface area contributed by atoms with Crippen molar-refractivity contribution in [3.63, 3.8) is 0 Å². The number of nitrogens with zero attached hydrogens (tertiary/aromatic N) is 1. The number of halogens is 6. The molecule has 2 nitrogen and oxygen atoms in total. The van der Waals surface area contributed by atoms with Crippen molar-refractivity contribution in [1.29, 1.82) is 0 Å². The van der Waals surface area contributed by atoms with Crippen molar-refractivity contribution >= 4 is 46.2 Å². The molecule has 122 valence electrons. The van der Waals surface area contributed by atoms with Crippen molar-refractivity contribution in [2.24, 2.45) is 5.10 Å². The van der Waals surface area contributed by atoms with Gasteiger partial charge in [0.15, 0.2) is 0 Å². The Kier molecular flexibility index (Phi) is 5.45. The van der Waals surface area contributed by atoms with Crippen LogP contribution in [0.25, 0.3) is 0 Å². The summed E-state index contributed by atoms with van der Waals surface area (Å²) in [5.41, 5.74) is 2.76. The summed E-state index contributed by atoms with van der Waals surface area (Å²) >= 11 is 17.8. The topological polar surface area (TPSA) is 24.4 Å². The third kappa shape index (κ3) is 4.53. The molecule has 1 N–H and O–H groups in total. The Hall–Kier alpha value is -1.43. The summed E-state index contributed by atoms with van der Waals surface area (Å²) in [7, 11) is 0. The lowest BCUT2D eigenvalue weighted by Crippen LogP contribution is -2.06. The minimum atomic E-state index is -4.46. The van der Waals surface area contributed by atoms with E-state index in [-0.39, 0.29) is 10.7 Å². The monoisotopic (exact) mass is 380 g/mol. The average molecular weight is 382 g/mol. The maximum Gasteiger partial charge on any atom is 0.416 e. The van der Waals surface area contributed by atoms with Crippen molar-refractivity contribution in [3.8, 4) is 0 Å². The largest absolute Gasteiger partial charge is 0.416 e. The molecular formula is C15H10Cl3F3N2. The fraction of sp³-hybridized carbons (Fsp3) is 0.133. The van der Waals surface area contributed by atoms with Crippen molar-refractivity contribution in [2.75, 3.05) is 5.43 Å². The van der Waals surface area contributed by atoms with Crippen LogP contribution < -0.4 is 5.43 Å². The van der Waals surface area contributed by atoms with Crippen LogP contribution in [-0.4, -0.2) is 5.71 Å². The van der Waals surface area contributed by atoms with Gasteiger partial charge in [0, 0.05) is 15.6 Å². The van der Waals surface area contributed by atoms with Gasteiger partial charge in [-0.2, -0.15) is 18.3 Å². The predicted octanol–water partition coefficient (Wildman–Crippen LogP) is 6.50. The number of anilines is 1. The van der Waals surface area contributed by atoms with Crippen LogP contribution in [0.1, 0.15) is 18.1 Å². The average Bonchev–Trinajstić information content (AvgIpc) is 2.47. The number of hydrogen-bond donors (Lipinski definition) is 1. The molecule has 2 rings (SSSR count). The van der Waals surface area contributed by atoms with E-state index in [4.69, 9.17) is 34.8 Å². The van der Waals surface area contributed by atoms with E-state index in [0.29, 0.717) is 21.3 Å². The van der Waals surface area contributed by atoms with Crippen LogP contribution in [0.3, 0.4) is 0 Å². The molecule has 2 aromatic carbocycles. The lowest BCUT2D eigenvalue weighted by atomic mass is 10.1. The third-order valence-electron chi connectivity index (χ3n) is 2.96. The normalized spacial score (nSPS) is 12.4. The Bertz CT molecular complexity index is 758. The van der Waals surface area contributed by atoms with Crippen LogP contribution in [0.15, 0.2) is 41.5 Å². The van der Waals surface area contributed by atoms with E-state index in [9.17, 15) is 13.2 Å². The number of hydrazone groups is 1. The summed E-state index contributed by atoms with van der Waals surface area (Å²) in [5.74, 6) is 0. The van der Waals surface area contributed by atoms with E-state index in [0.717, 1.165) is 18.2 Å². The second-order valence-corrected chi connectivity index (χ2v) is 5.88. The zero-order valence-corrected chi connectivity index (χ0v) is 13.9. The standard InChI is InChI=1S/C15H10Cl3F3N2/c1-8(11-7-10(16)3-5-12(11)17)22-23-14-6-9(15(19,20)21)2-4-13(14)18/h2-7,23H,1H3/b22-8+. The van der Waals surface area contributed by atoms with E-state index >= 15 is 0 Å². The molecule has 0 amide bonds. The molecule has 0 saturated carbocycles. The van der Waals surface area contributed by atoms with Crippen molar-refractivity contribution < 1.29 is 13.2 Å². The highest BCUT2D eigenvalue weighted by Crippen LogP contribution is 2.34. The lowest BCUT2D eigenvalue weighted by molar-refractivity contribution is -0.137. The van der Waals surface area contributed by atoms with Crippen LogP contribution in [0.5, 0.6) is 0 Å². The van der Waals surface area contributed by atoms with Gasteiger partial charge >= 0.3 is 6.18 Å². The zero-order chi connectivity index (χ0) is 17.2. The Morgan fingerprint density at radius 1 is 1.00 bits per heavy atom. The molecule has 2 aromatic rings. The van der Waals surface area contributed by atoms with Crippen molar-refractivity contribution in [3.05, 3.63) is 62.6 Å². The second kappa shape index (κ2) is 6.99. The Balaban J connectivity index is 2.30. The predicted molar refractivity (Wildman–Crippen MR) is 88.7 cm³/mol. The molecule has 0 fully saturated rings. The van der Waals surface area contributed by atoms with Crippen LogP contribution >= 0.6 is 34.8 Å². The Morgan fingerprint density at radius 2 is 1.65 bits per heavy atom. The van der Waals surface area contributed by atoms with Gasteiger partial charge in [0.1, 0.15) is 0 Å². The van der Waals surface area contributed by atoms with Gasteiger partial charge in [-0.1, -0.05) is 34.8 Å². The van der Waals surface area contributed by atoms with Gasteiger partial charge in [-0.3, -0.25) is 5.43 Å².